The highest BCUT2D eigenvalue weighted by atomic mass is 32.1. The van der Waals surface area contributed by atoms with Crippen molar-refractivity contribution >= 4 is 11.3 Å². The summed E-state index contributed by atoms with van der Waals surface area (Å²) in [4.78, 5) is 2.68. The van der Waals surface area contributed by atoms with E-state index in [0.717, 1.165) is 25.9 Å². The van der Waals surface area contributed by atoms with Crippen molar-refractivity contribution in [2.24, 2.45) is 5.92 Å². The van der Waals surface area contributed by atoms with E-state index >= 15 is 0 Å². The second-order valence-electron chi connectivity index (χ2n) is 4.03. The number of aryl methyl sites for hydroxylation is 1. The predicted octanol–water partition coefficient (Wildman–Crippen LogP) is 2.77. The lowest BCUT2D eigenvalue weighted by atomic mass is 9.94. The van der Waals surface area contributed by atoms with Gasteiger partial charge in [-0.1, -0.05) is 6.92 Å². The topological polar surface area (TPSA) is 29.5 Å². The molecule has 0 saturated carbocycles. The summed E-state index contributed by atoms with van der Waals surface area (Å²) in [7, 11) is 0. The van der Waals surface area contributed by atoms with Crippen molar-refractivity contribution in [1.29, 1.82) is 0 Å². The Morgan fingerprint density at radius 1 is 1.53 bits per heavy atom. The van der Waals surface area contributed by atoms with E-state index < -0.39 is 0 Å². The number of rotatable bonds is 3. The summed E-state index contributed by atoms with van der Waals surface area (Å²) in [5.74, 6) is 0.294. The van der Waals surface area contributed by atoms with Crippen molar-refractivity contribution in [3.8, 4) is 0 Å². The first-order chi connectivity index (χ1) is 7.35. The molecule has 1 N–H and O–H groups in total. The van der Waals surface area contributed by atoms with Crippen molar-refractivity contribution in [2.45, 2.75) is 32.3 Å². The molecule has 1 aliphatic rings. The standard InChI is InChI=1S/C12H18O2S/c1-2-10-5-6-11(15-10)12-9(8-13)4-3-7-14-12/h5-6,9,12-13H,2-4,7-8H2,1H3. The van der Waals surface area contributed by atoms with Gasteiger partial charge in [0.15, 0.2) is 0 Å². The first-order valence-corrected chi connectivity index (χ1v) is 6.48. The third-order valence-electron chi connectivity index (χ3n) is 2.99. The molecule has 0 spiro atoms. The molecule has 1 aromatic heterocycles. The molecule has 0 radical (unpaired) electrons. The third kappa shape index (κ3) is 2.41. The molecule has 3 heteroatoms. The first kappa shape index (κ1) is 11.1. The van der Waals surface area contributed by atoms with Crippen molar-refractivity contribution < 1.29 is 9.84 Å². The van der Waals surface area contributed by atoms with Gasteiger partial charge in [-0.05, 0) is 31.4 Å². The van der Waals surface area contributed by atoms with Gasteiger partial charge in [-0.25, -0.2) is 0 Å². The number of ether oxygens (including phenoxy) is 1. The summed E-state index contributed by atoms with van der Waals surface area (Å²) in [6.45, 7) is 3.24. The molecule has 1 aliphatic heterocycles. The van der Waals surface area contributed by atoms with Crippen LogP contribution in [0.5, 0.6) is 0 Å². The second-order valence-corrected chi connectivity index (χ2v) is 5.23. The fourth-order valence-electron chi connectivity index (χ4n) is 2.08. The minimum Gasteiger partial charge on any atom is -0.396 e. The normalized spacial score (nSPS) is 26.8. The van der Waals surface area contributed by atoms with Gasteiger partial charge < -0.3 is 9.84 Å². The minimum absolute atomic E-state index is 0.133. The van der Waals surface area contributed by atoms with Gasteiger partial charge in [0.1, 0.15) is 0 Å². The van der Waals surface area contributed by atoms with E-state index in [-0.39, 0.29) is 12.7 Å². The van der Waals surface area contributed by atoms with Gasteiger partial charge in [-0.15, -0.1) is 11.3 Å². The Labute approximate surface area is 94.9 Å². The van der Waals surface area contributed by atoms with Crippen molar-refractivity contribution in [1.82, 2.24) is 0 Å². The third-order valence-corrected chi connectivity index (χ3v) is 4.28. The molecule has 0 bridgehead atoms. The maximum absolute atomic E-state index is 9.31. The molecular formula is C12H18O2S. The van der Waals surface area contributed by atoms with Gasteiger partial charge in [0.05, 0.1) is 6.10 Å². The van der Waals surface area contributed by atoms with Crippen LogP contribution in [0.3, 0.4) is 0 Å². The highest BCUT2D eigenvalue weighted by molar-refractivity contribution is 7.12. The maximum Gasteiger partial charge on any atom is 0.0966 e. The number of aliphatic hydroxyl groups is 1. The number of thiophene rings is 1. The molecule has 2 atom stereocenters. The second kappa shape index (κ2) is 5.10. The molecule has 2 unspecified atom stereocenters. The smallest absolute Gasteiger partial charge is 0.0966 e. The molecule has 15 heavy (non-hydrogen) atoms. The zero-order valence-corrected chi connectivity index (χ0v) is 9.93. The van der Waals surface area contributed by atoms with Crippen LogP contribution in [0.4, 0.5) is 0 Å². The lowest BCUT2D eigenvalue weighted by Gasteiger charge is -2.29. The average molecular weight is 226 g/mol. The van der Waals surface area contributed by atoms with Crippen molar-refractivity contribution in [3.05, 3.63) is 21.9 Å². The summed E-state index contributed by atoms with van der Waals surface area (Å²) in [5.41, 5.74) is 0. The molecule has 1 aromatic rings. The predicted molar refractivity (Wildman–Crippen MR) is 62.2 cm³/mol. The van der Waals surface area contributed by atoms with Crippen LogP contribution in [0.1, 0.15) is 35.6 Å². The molecule has 0 aliphatic carbocycles. The number of aliphatic hydroxyl groups excluding tert-OH is 1. The SMILES string of the molecule is CCc1ccc(C2OCCCC2CO)s1. The quantitative estimate of drug-likeness (QED) is 0.858. The summed E-state index contributed by atoms with van der Waals surface area (Å²) in [6.07, 6.45) is 3.38. The maximum atomic E-state index is 9.31. The van der Waals surface area contributed by atoms with Gasteiger partial charge in [-0.2, -0.15) is 0 Å². The Hall–Kier alpha value is -0.380. The Bertz CT molecular complexity index is 308. The lowest BCUT2D eigenvalue weighted by molar-refractivity contribution is -0.0437. The highest BCUT2D eigenvalue weighted by Gasteiger charge is 2.27. The number of hydrogen-bond donors (Lipinski definition) is 1. The lowest BCUT2D eigenvalue weighted by Crippen LogP contribution is -2.24. The molecule has 1 saturated heterocycles. The van der Waals surface area contributed by atoms with Gasteiger partial charge in [-0.3, -0.25) is 0 Å². The molecular weight excluding hydrogens is 208 g/mol. The van der Waals surface area contributed by atoms with E-state index in [1.807, 2.05) is 11.3 Å². The monoisotopic (exact) mass is 226 g/mol. The first-order valence-electron chi connectivity index (χ1n) is 5.66. The Morgan fingerprint density at radius 3 is 3.07 bits per heavy atom. The van der Waals surface area contributed by atoms with E-state index in [1.54, 1.807) is 0 Å². The van der Waals surface area contributed by atoms with Crippen LogP contribution in [0, 0.1) is 5.92 Å². The summed E-state index contributed by atoms with van der Waals surface area (Å²) >= 11 is 1.82. The fraction of sp³-hybridized carbons (Fsp3) is 0.667. The van der Waals surface area contributed by atoms with Crippen LogP contribution >= 0.6 is 11.3 Å². The summed E-state index contributed by atoms with van der Waals surface area (Å²) in [6, 6.07) is 4.33. The Morgan fingerprint density at radius 2 is 2.40 bits per heavy atom. The fourth-order valence-corrected chi connectivity index (χ4v) is 3.18. The van der Waals surface area contributed by atoms with E-state index in [0.29, 0.717) is 5.92 Å². The largest absolute Gasteiger partial charge is 0.396 e. The Kier molecular flexibility index (Phi) is 3.78. The van der Waals surface area contributed by atoms with Crippen molar-refractivity contribution in [3.63, 3.8) is 0 Å². The van der Waals surface area contributed by atoms with E-state index in [9.17, 15) is 5.11 Å². The molecule has 84 valence electrons. The number of hydrogen-bond acceptors (Lipinski definition) is 3. The van der Waals surface area contributed by atoms with Crippen LogP contribution in [-0.4, -0.2) is 18.3 Å². The van der Waals surface area contributed by atoms with Gasteiger partial charge in [0, 0.05) is 28.9 Å². The molecule has 0 amide bonds. The summed E-state index contributed by atoms with van der Waals surface area (Å²) < 4.78 is 5.78. The van der Waals surface area contributed by atoms with Crippen LogP contribution < -0.4 is 0 Å². The molecule has 2 heterocycles. The van der Waals surface area contributed by atoms with E-state index in [1.165, 1.54) is 9.75 Å². The van der Waals surface area contributed by atoms with Crippen molar-refractivity contribution in [2.75, 3.05) is 13.2 Å². The van der Waals surface area contributed by atoms with Crippen LogP contribution in [0.2, 0.25) is 0 Å². The minimum atomic E-state index is 0.133. The molecule has 2 rings (SSSR count). The van der Waals surface area contributed by atoms with Gasteiger partial charge in [0.25, 0.3) is 0 Å². The van der Waals surface area contributed by atoms with Gasteiger partial charge >= 0.3 is 0 Å². The van der Waals surface area contributed by atoms with E-state index in [2.05, 4.69) is 19.1 Å². The van der Waals surface area contributed by atoms with Crippen LogP contribution in [0.15, 0.2) is 12.1 Å². The highest BCUT2D eigenvalue weighted by Crippen LogP contribution is 2.36. The summed E-state index contributed by atoms with van der Waals surface area (Å²) in [5, 5.41) is 9.31. The zero-order valence-electron chi connectivity index (χ0n) is 9.11. The molecule has 2 nitrogen and oxygen atoms in total. The average Bonchev–Trinajstić information content (AvgIpc) is 2.77. The van der Waals surface area contributed by atoms with Crippen LogP contribution in [0.25, 0.3) is 0 Å². The zero-order chi connectivity index (χ0) is 10.7. The van der Waals surface area contributed by atoms with Gasteiger partial charge in [0.2, 0.25) is 0 Å². The molecule has 1 fully saturated rings. The molecule has 0 aromatic carbocycles. The van der Waals surface area contributed by atoms with Crippen LogP contribution in [-0.2, 0) is 11.2 Å². The van der Waals surface area contributed by atoms with E-state index in [4.69, 9.17) is 4.74 Å². The Balaban J connectivity index is 2.12.